The van der Waals surface area contributed by atoms with Crippen molar-refractivity contribution in [3.8, 4) is 0 Å². The Bertz CT molecular complexity index is 312. The molecule has 2 rings (SSSR count). The first-order chi connectivity index (χ1) is 8.31. The molecule has 0 aromatic carbocycles. The van der Waals surface area contributed by atoms with Gasteiger partial charge in [-0.3, -0.25) is 0 Å². The van der Waals surface area contributed by atoms with Gasteiger partial charge in [0.1, 0.15) is 0 Å². The molecule has 3 unspecified atom stereocenters. The molecule has 2 heterocycles. The molecule has 1 saturated heterocycles. The van der Waals surface area contributed by atoms with Crippen LogP contribution in [0.25, 0.3) is 0 Å². The van der Waals surface area contributed by atoms with Crippen molar-refractivity contribution in [2.24, 2.45) is 0 Å². The summed E-state index contributed by atoms with van der Waals surface area (Å²) in [4.78, 5) is 1.39. The zero-order valence-corrected chi connectivity index (χ0v) is 12.6. The van der Waals surface area contributed by atoms with E-state index in [1.807, 2.05) is 23.5 Å². The van der Waals surface area contributed by atoms with Crippen LogP contribution in [0.1, 0.15) is 24.6 Å². The first-order valence-corrected chi connectivity index (χ1v) is 9.22. The van der Waals surface area contributed by atoms with Crippen molar-refractivity contribution in [3.63, 3.8) is 0 Å². The Morgan fingerprint density at radius 3 is 2.94 bits per heavy atom. The number of thiophene rings is 1. The Morgan fingerprint density at radius 1 is 1.41 bits per heavy atom. The highest BCUT2D eigenvalue weighted by Gasteiger charge is 2.30. The van der Waals surface area contributed by atoms with Gasteiger partial charge in [-0.05, 0) is 30.7 Å². The molecule has 1 nitrogen and oxygen atoms in total. The van der Waals surface area contributed by atoms with Crippen LogP contribution in [0.15, 0.2) is 17.5 Å². The largest absolute Gasteiger partial charge is 0.392 e. The van der Waals surface area contributed by atoms with E-state index < -0.39 is 0 Å². The normalized spacial score (nSPS) is 26.9. The SMILES string of the molecule is CCC1SCCSC1C(O)CCc1cccs1. The molecule has 0 saturated carbocycles. The number of rotatable bonds is 5. The number of thioether (sulfide) groups is 2. The molecule has 1 aromatic heterocycles. The number of aryl methyl sites for hydroxylation is 1. The highest BCUT2D eigenvalue weighted by Crippen LogP contribution is 2.36. The smallest absolute Gasteiger partial charge is 0.0673 e. The third-order valence-electron chi connectivity index (χ3n) is 3.14. The number of hydrogen-bond acceptors (Lipinski definition) is 4. The summed E-state index contributed by atoms with van der Waals surface area (Å²) in [5, 5.41) is 13.5. The predicted molar refractivity (Wildman–Crippen MR) is 81.4 cm³/mol. The first-order valence-electron chi connectivity index (χ1n) is 6.25. The van der Waals surface area contributed by atoms with Crippen molar-refractivity contribution in [1.29, 1.82) is 0 Å². The molecule has 1 aliphatic heterocycles. The topological polar surface area (TPSA) is 20.2 Å². The van der Waals surface area contributed by atoms with E-state index in [0.717, 1.165) is 12.8 Å². The summed E-state index contributed by atoms with van der Waals surface area (Å²) in [6.45, 7) is 2.24. The minimum absolute atomic E-state index is 0.139. The van der Waals surface area contributed by atoms with Gasteiger partial charge in [-0.25, -0.2) is 0 Å². The second kappa shape index (κ2) is 7.07. The van der Waals surface area contributed by atoms with E-state index in [4.69, 9.17) is 0 Å². The quantitative estimate of drug-likeness (QED) is 0.893. The Balaban J connectivity index is 1.83. The average Bonchev–Trinajstić information content (AvgIpc) is 2.89. The second-order valence-corrected chi connectivity index (χ2v) is 8.00. The highest BCUT2D eigenvalue weighted by atomic mass is 32.2. The Kier molecular flexibility index (Phi) is 5.74. The fourth-order valence-corrected chi connectivity index (χ4v) is 6.12. The zero-order valence-electron chi connectivity index (χ0n) is 10.2. The lowest BCUT2D eigenvalue weighted by Gasteiger charge is -2.33. The van der Waals surface area contributed by atoms with E-state index >= 15 is 0 Å². The Labute approximate surface area is 116 Å². The lowest BCUT2D eigenvalue weighted by Crippen LogP contribution is -2.36. The van der Waals surface area contributed by atoms with Crippen LogP contribution in [-0.2, 0) is 6.42 Å². The molecule has 1 aromatic rings. The molecule has 17 heavy (non-hydrogen) atoms. The number of aliphatic hydroxyl groups excluding tert-OH is 1. The monoisotopic (exact) mass is 288 g/mol. The van der Waals surface area contributed by atoms with Crippen molar-refractivity contribution in [2.75, 3.05) is 11.5 Å². The maximum absolute atomic E-state index is 10.3. The van der Waals surface area contributed by atoms with Gasteiger partial charge in [-0.2, -0.15) is 23.5 Å². The molecule has 0 aliphatic carbocycles. The van der Waals surface area contributed by atoms with Crippen molar-refractivity contribution in [2.45, 2.75) is 42.8 Å². The average molecular weight is 289 g/mol. The van der Waals surface area contributed by atoms with Crippen LogP contribution in [0, 0.1) is 0 Å². The summed E-state index contributed by atoms with van der Waals surface area (Å²) < 4.78 is 0. The van der Waals surface area contributed by atoms with E-state index in [1.54, 1.807) is 11.3 Å². The molecule has 1 fully saturated rings. The second-order valence-electron chi connectivity index (χ2n) is 4.34. The van der Waals surface area contributed by atoms with Crippen LogP contribution in [-0.4, -0.2) is 33.2 Å². The van der Waals surface area contributed by atoms with Crippen molar-refractivity contribution in [3.05, 3.63) is 22.4 Å². The van der Waals surface area contributed by atoms with Crippen LogP contribution >= 0.6 is 34.9 Å². The summed E-state index contributed by atoms with van der Waals surface area (Å²) in [6.07, 6.45) is 2.98. The van der Waals surface area contributed by atoms with Crippen LogP contribution in [0.4, 0.5) is 0 Å². The van der Waals surface area contributed by atoms with Gasteiger partial charge in [0.05, 0.1) is 6.10 Å². The van der Waals surface area contributed by atoms with E-state index in [0.29, 0.717) is 10.5 Å². The van der Waals surface area contributed by atoms with Gasteiger partial charge in [0.15, 0.2) is 0 Å². The molecular weight excluding hydrogens is 268 g/mol. The van der Waals surface area contributed by atoms with Crippen LogP contribution < -0.4 is 0 Å². The van der Waals surface area contributed by atoms with E-state index in [9.17, 15) is 5.11 Å². The molecule has 4 heteroatoms. The molecule has 3 atom stereocenters. The van der Waals surface area contributed by atoms with Crippen molar-refractivity contribution < 1.29 is 5.11 Å². The number of hydrogen-bond donors (Lipinski definition) is 1. The maximum Gasteiger partial charge on any atom is 0.0673 e. The zero-order chi connectivity index (χ0) is 12.1. The van der Waals surface area contributed by atoms with Gasteiger partial charge in [0.25, 0.3) is 0 Å². The van der Waals surface area contributed by atoms with E-state index in [2.05, 4.69) is 24.4 Å². The molecular formula is C13H20OS3. The summed E-state index contributed by atoms with van der Waals surface area (Å²) in [5.41, 5.74) is 0. The third-order valence-corrected chi connectivity index (χ3v) is 7.47. The van der Waals surface area contributed by atoms with Crippen LogP contribution in [0.3, 0.4) is 0 Å². The van der Waals surface area contributed by atoms with Crippen LogP contribution in [0.5, 0.6) is 0 Å². The predicted octanol–water partition coefficient (Wildman–Crippen LogP) is 3.67. The van der Waals surface area contributed by atoms with Gasteiger partial charge >= 0.3 is 0 Å². The van der Waals surface area contributed by atoms with Gasteiger partial charge in [-0.15, -0.1) is 11.3 Å². The van der Waals surface area contributed by atoms with Gasteiger partial charge in [-0.1, -0.05) is 13.0 Å². The highest BCUT2D eigenvalue weighted by molar-refractivity contribution is 8.07. The molecule has 1 aliphatic rings. The van der Waals surface area contributed by atoms with Gasteiger partial charge in [0, 0.05) is 26.9 Å². The van der Waals surface area contributed by atoms with Crippen molar-refractivity contribution >= 4 is 34.9 Å². The fourth-order valence-electron chi connectivity index (χ4n) is 2.20. The van der Waals surface area contributed by atoms with Crippen molar-refractivity contribution in [1.82, 2.24) is 0 Å². The lowest BCUT2D eigenvalue weighted by atomic mass is 10.1. The van der Waals surface area contributed by atoms with E-state index in [-0.39, 0.29) is 6.10 Å². The Morgan fingerprint density at radius 2 is 2.24 bits per heavy atom. The maximum atomic E-state index is 10.3. The summed E-state index contributed by atoms with van der Waals surface area (Å²) in [7, 11) is 0. The molecule has 0 amide bonds. The molecule has 0 radical (unpaired) electrons. The number of aliphatic hydroxyl groups is 1. The summed E-state index contributed by atoms with van der Waals surface area (Å²) >= 11 is 5.81. The lowest BCUT2D eigenvalue weighted by molar-refractivity contribution is 0.160. The summed E-state index contributed by atoms with van der Waals surface area (Å²) in [6, 6.07) is 4.25. The molecule has 96 valence electrons. The fraction of sp³-hybridized carbons (Fsp3) is 0.692. The van der Waals surface area contributed by atoms with Crippen LogP contribution in [0.2, 0.25) is 0 Å². The van der Waals surface area contributed by atoms with Gasteiger partial charge < -0.3 is 5.11 Å². The Hall–Kier alpha value is 0.360. The molecule has 1 N–H and O–H groups in total. The minimum Gasteiger partial charge on any atom is -0.392 e. The molecule has 0 spiro atoms. The minimum atomic E-state index is -0.139. The first kappa shape index (κ1) is 13.8. The molecule has 0 bridgehead atoms. The van der Waals surface area contributed by atoms with Gasteiger partial charge in [0.2, 0.25) is 0 Å². The standard InChI is InChI=1S/C13H20OS3/c1-2-12-13(17-9-8-16-12)11(14)6-5-10-4-3-7-15-10/h3-4,7,11-14H,2,5-6,8-9H2,1H3. The summed E-state index contributed by atoms with van der Waals surface area (Å²) in [5.74, 6) is 2.44. The third kappa shape index (κ3) is 3.91. The van der Waals surface area contributed by atoms with E-state index in [1.165, 1.54) is 22.8 Å².